The van der Waals surface area contributed by atoms with E-state index in [0.29, 0.717) is 18.6 Å². The molecular formula is C19H28N2O5S. The molecule has 0 heterocycles. The van der Waals surface area contributed by atoms with Gasteiger partial charge in [0.2, 0.25) is 10.0 Å². The smallest absolute Gasteiger partial charge is 0.289 e. The van der Waals surface area contributed by atoms with E-state index < -0.39 is 14.9 Å². The second-order valence-corrected chi connectivity index (χ2v) is 9.78. The number of hydrogen-bond acceptors (Lipinski definition) is 5. The van der Waals surface area contributed by atoms with Crippen LogP contribution in [0, 0.1) is 29.4 Å². The number of hydrogen-bond donors (Lipinski definition) is 0. The van der Waals surface area contributed by atoms with Crippen LogP contribution in [0.5, 0.6) is 0 Å². The molecule has 0 N–H and O–H groups in total. The van der Waals surface area contributed by atoms with E-state index in [1.807, 2.05) is 6.92 Å². The lowest BCUT2D eigenvalue weighted by Crippen LogP contribution is -2.63. The zero-order valence-corrected chi connectivity index (χ0v) is 17.2. The lowest BCUT2D eigenvalue weighted by Gasteiger charge is -2.56. The summed E-state index contributed by atoms with van der Waals surface area (Å²) in [6, 6.07) is 2.60. The van der Waals surface area contributed by atoms with Crippen molar-refractivity contribution < 1.29 is 18.1 Å². The lowest BCUT2D eigenvalue weighted by molar-refractivity contribution is -0.387. The van der Waals surface area contributed by atoms with Gasteiger partial charge in [-0.3, -0.25) is 10.1 Å². The molecule has 0 radical (unpaired) electrons. The topological polar surface area (TPSA) is 89.8 Å². The second-order valence-electron chi connectivity index (χ2n) is 7.82. The summed E-state index contributed by atoms with van der Waals surface area (Å²) in [6.07, 6.45) is 4.73. The van der Waals surface area contributed by atoms with Crippen molar-refractivity contribution in [3.63, 3.8) is 0 Å². The standard InChI is InChI=1S/C19H28N2O5S/c1-5-26-18-12-17(19(18)8-6-7-9-19)20(4)27(24,25)16-11-14(3)13(2)10-15(16)21(22)23/h10-11,17-18H,5-9,12H2,1-4H3. The molecule has 1 aromatic rings. The molecule has 2 aliphatic rings. The summed E-state index contributed by atoms with van der Waals surface area (Å²) in [5, 5.41) is 11.5. The summed E-state index contributed by atoms with van der Waals surface area (Å²) in [5.41, 5.74) is 0.914. The van der Waals surface area contributed by atoms with Gasteiger partial charge in [0.15, 0.2) is 4.90 Å². The van der Waals surface area contributed by atoms with Gasteiger partial charge in [-0.2, -0.15) is 4.31 Å². The van der Waals surface area contributed by atoms with Crippen LogP contribution >= 0.6 is 0 Å². The summed E-state index contributed by atoms with van der Waals surface area (Å²) in [4.78, 5) is 10.7. The fourth-order valence-corrected chi connectivity index (χ4v) is 6.47. The predicted molar refractivity (Wildman–Crippen MR) is 102 cm³/mol. The van der Waals surface area contributed by atoms with E-state index in [0.717, 1.165) is 31.2 Å². The Morgan fingerprint density at radius 1 is 1.26 bits per heavy atom. The average molecular weight is 397 g/mol. The van der Waals surface area contributed by atoms with Crippen molar-refractivity contribution in [2.24, 2.45) is 5.41 Å². The number of nitro groups is 1. The largest absolute Gasteiger partial charge is 0.378 e. The van der Waals surface area contributed by atoms with Crippen molar-refractivity contribution in [2.75, 3.05) is 13.7 Å². The third-order valence-electron chi connectivity index (χ3n) is 6.51. The molecule has 8 heteroatoms. The Balaban J connectivity index is 1.99. The van der Waals surface area contributed by atoms with Crippen LogP contribution in [0.3, 0.4) is 0 Å². The first-order valence-electron chi connectivity index (χ1n) is 9.50. The van der Waals surface area contributed by atoms with Gasteiger partial charge >= 0.3 is 0 Å². The van der Waals surface area contributed by atoms with Crippen molar-refractivity contribution in [2.45, 2.75) is 69.9 Å². The number of benzene rings is 1. The molecule has 0 saturated heterocycles. The molecule has 0 amide bonds. The minimum atomic E-state index is -3.98. The maximum atomic E-state index is 13.3. The highest BCUT2D eigenvalue weighted by atomic mass is 32.2. The van der Waals surface area contributed by atoms with Crippen LogP contribution in [0.1, 0.15) is 50.2 Å². The number of ether oxygens (including phenoxy) is 1. The first-order valence-corrected chi connectivity index (χ1v) is 10.9. The third kappa shape index (κ3) is 3.17. The predicted octanol–water partition coefficient (Wildman–Crippen LogP) is 3.57. The van der Waals surface area contributed by atoms with Crippen LogP contribution in [0.2, 0.25) is 0 Å². The van der Waals surface area contributed by atoms with E-state index in [9.17, 15) is 18.5 Å². The van der Waals surface area contributed by atoms with Gasteiger partial charge in [-0.15, -0.1) is 0 Å². The van der Waals surface area contributed by atoms with Crippen molar-refractivity contribution in [3.05, 3.63) is 33.4 Å². The second kappa shape index (κ2) is 7.14. The molecule has 7 nitrogen and oxygen atoms in total. The van der Waals surface area contributed by atoms with E-state index in [1.165, 1.54) is 16.4 Å². The highest BCUT2D eigenvalue weighted by Crippen LogP contribution is 2.57. The van der Waals surface area contributed by atoms with E-state index >= 15 is 0 Å². The van der Waals surface area contributed by atoms with Gasteiger partial charge in [0.05, 0.1) is 11.0 Å². The molecule has 150 valence electrons. The molecule has 0 aliphatic heterocycles. The van der Waals surface area contributed by atoms with Gasteiger partial charge in [-0.05, 0) is 57.2 Å². The van der Waals surface area contributed by atoms with Crippen LogP contribution in [0.15, 0.2) is 17.0 Å². The summed E-state index contributed by atoms with van der Waals surface area (Å²) < 4.78 is 33.9. The van der Waals surface area contributed by atoms with Gasteiger partial charge in [0, 0.05) is 31.2 Å². The number of nitrogens with zero attached hydrogens (tertiary/aromatic N) is 2. The van der Waals surface area contributed by atoms with Crippen LogP contribution in [-0.4, -0.2) is 43.4 Å². The minimum Gasteiger partial charge on any atom is -0.378 e. The quantitative estimate of drug-likeness (QED) is 0.542. The molecular weight excluding hydrogens is 368 g/mol. The zero-order chi connectivity index (χ0) is 20.0. The van der Waals surface area contributed by atoms with Crippen molar-refractivity contribution in [3.8, 4) is 0 Å². The molecule has 1 aromatic carbocycles. The Hall–Kier alpha value is -1.51. The molecule has 27 heavy (non-hydrogen) atoms. The van der Waals surface area contributed by atoms with E-state index in [1.54, 1.807) is 20.9 Å². The number of aryl methyl sites for hydroxylation is 2. The van der Waals surface area contributed by atoms with Gasteiger partial charge in [0.25, 0.3) is 5.69 Å². The van der Waals surface area contributed by atoms with Crippen LogP contribution < -0.4 is 0 Å². The lowest BCUT2D eigenvalue weighted by atomic mass is 9.60. The van der Waals surface area contributed by atoms with E-state index in [-0.39, 0.29) is 28.1 Å². The highest BCUT2D eigenvalue weighted by molar-refractivity contribution is 7.89. The average Bonchev–Trinajstić information content (AvgIpc) is 3.12. The Kier molecular flexibility index (Phi) is 5.35. The summed E-state index contributed by atoms with van der Waals surface area (Å²) in [5.74, 6) is 0. The summed E-state index contributed by atoms with van der Waals surface area (Å²) in [6.45, 7) is 6.08. The SMILES string of the molecule is CCOC1CC(N(C)S(=O)(=O)c2cc(C)c(C)cc2[N+](=O)[O-])C12CCCC2. The fourth-order valence-electron chi connectivity index (χ4n) is 4.81. The molecule has 3 rings (SSSR count). The van der Waals surface area contributed by atoms with Crippen molar-refractivity contribution >= 4 is 15.7 Å². The van der Waals surface area contributed by atoms with E-state index in [2.05, 4.69) is 0 Å². The van der Waals surface area contributed by atoms with Crippen LogP contribution in [0.25, 0.3) is 0 Å². The molecule has 2 saturated carbocycles. The molecule has 2 fully saturated rings. The Labute approximate surface area is 160 Å². The van der Waals surface area contributed by atoms with E-state index in [4.69, 9.17) is 4.74 Å². The van der Waals surface area contributed by atoms with Gasteiger partial charge < -0.3 is 4.74 Å². The first kappa shape index (κ1) is 20.2. The number of rotatable bonds is 6. The molecule has 1 spiro atoms. The maximum absolute atomic E-state index is 13.3. The Bertz CT molecular complexity index is 846. The summed E-state index contributed by atoms with van der Waals surface area (Å²) >= 11 is 0. The highest BCUT2D eigenvalue weighted by Gasteiger charge is 2.60. The molecule has 2 aliphatic carbocycles. The monoisotopic (exact) mass is 396 g/mol. The third-order valence-corrected chi connectivity index (χ3v) is 8.41. The number of sulfonamides is 1. The molecule has 0 aromatic heterocycles. The summed E-state index contributed by atoms with van der Waals surface area (Å²) in [7, 11) is -2.42. The van der Waals surface area contributed by atoms with Crippen molar-refractivity contribution in [1.82, 2.24) is 4.31 Å². The first-order chi connectivity index (χ1) is 12.6. The minimum absolute atomic E-state index is 0.0717. The van der Waals surface area contributed by atoms with Gasteiger partial charge in [0.1, 0.15) is 0 Å². The van der Waals surface area contributed by atoms with Gasteiger partial charge in [-0.25, -0.2) is 8.42 Å². The van der Waals surface area contributed by atoms with Gasteiger partial charge in [-0.1, -0.05) is 12.8 Å². The van der Waals surface area contributed by atoms with Crippen LogP contribution in [-0.2, 0) is 14.8 Å². The fraction of sp³-hybridized carbons (Fsp3) is 0.684. The Morgan fingerprint density at radius 3 is 2.41 bits per heavy atom. The number of nitro benzene ring substituents is 1. The maximum Gasteiger partial charge on any atom is 0.289 e. The van der Waals surface area contributed by atoms with Crippen LogP contribution in [0.4, 0.5) is 5.69 Å². The zero-order valence-electron chi connectivity index (χ0n) is 16.4. The van der Waals surface area contributed by atoms with Crippen molar-refractivity contribution in [1.29, 1.82) is 0 Å². The molecule has 0 bridgehead atoms. The molecule has 2 atom stereocenters. The Morgan fingerprint density at radius 2 is 1.85 bits per heavy atom. The molecule has 2 unspecified atom stereocenters. The normalized spacial score (nSPS) is 24.3.